The van der Waals surface area contributed by atoms with Crippen LogP contribution < -0.4 is 15.5 Å². The van der Waals surface area contributed by atoms with Crippen molar-refractivity contribution in [1.82, 2.24) is 4.98 Å². The van der Waals surface area contributed by atoms with Gasteiger partial charge in [0.1, 0.15) is 5.82 Å². The summed E-state index contributed by atoms with van der Waals surface area (Å²) < 4.78 is 5.40. The average Bonchev–Trinajstić information content (AvgIpc) is 2.53. The van der Waals surface area contributed by atoms with Gasteiger partial charge in [0.05, 0.1) is 5.69 Å². The molecule has 0 saturated carbocycles. The summed E-state index contributed by atoms with van der Waals surface area (Å²) in [5.41, 5.74) is 0.705. The van der Waals surface area contributed by atoms with E-state index >= 15 is 0 Å². The molecular formula is C19H32N4O2. The zero-order valence-corrected chi connectivity index (χ0v) is 16.2. The summed E-state index contributed by atoms with van der Waals surface area (Å²) in [5, 5.41) is 6.42. The van der Waals surface area contributed by atoms with Gasteiger partial charge in [-0.25, -0.2) is 4.98 Å². The van der Waals surface area contributed by atoms with Crippen LogP contribution in [0.2, 0.25) is 0 Å². The van der Waals surface area contributed by atoms with Gasteiger partial charge in [0, 0.05) is 40.3 Å². The summed E-state index contributed by atoms with van der Waals surface area (Å²) in [6.45, 7) is 8.77. The van der Waals surface area contributed by atoms with Crippen molar-refractivity contribution in [2.75, 3.05) is 49.4 Å². The summed E-state index contributed by atoms with van der Waals surface area (Å²) in [4.78, 5) is 18.8. The Morgan fingerprint density at radius 1 is 1.28 bits per heavy atom. The molecule has 1 fully saturated rings. The van der Waals surface area contributed by atoms with E-state index in [0.717, 1.165) is 49.9 Å². The van der Waals surface area contributed by atoms with Crippen LogP contribution in [0, 0.1) is 11.3 Å². The normalized spacial score (nSPS) is 15.7. The Balaban J connectivity index is 2.02. The van der Waals surface area contributed by atoms with Gasteiger partial charge in [-0.1, -0.05) is 20.8 Å². The Hall–Kier alpha value is -1.82. The van der Waals surface area contributed by atoms with Gasteiger partial charge >= 0.3 is 0 Å². The average molecular weight is 348 g/mol. The summed E-state index contributed by atoms with van der Waals surface area (Å²) in [7, 11) is 3.87. The molecule has 6 heteroatoms. The van der Waals surface area contributed by atoms with Crippen molar-refractivity contribution in [1.29, 1.82) is 0 Å². The van der Waals surface area contributed by atoms with Gasteiger partial charge in [0.15, 0.2) is 5.82 Å². The molecule has 6 nitrogen and oxygen atoms in total. The second-order valence-electron chi connectivity index (χ2n) is 8.18. The van der Waals surface area contributed by atoms with E-state index in [1.807, 2.05) is 31.1 Å². The van der Waals surface area contributed by atoms with Crippen LogP contribution in [0.15, 0.2) is 12.1 Å². The predicted molar refractivity (Wildman–Crippen MR) is 103 cm³/mol. The van der Waals surface area contributed by atoms with Crippen LogP contribution in [-0.4, -0.2) is 44.7 Å². The molecule has 1 aromatic rings. The van der Waals surface area contributed by atoms with Crippen LogP contribution in [0.25, 0.3) is 0 Å². The summed E-state index contributed by atoms with van der Waals surface area (Å²) in [6, 6.07) is 3.86. The van der Waals surface area contributed by atoms with Crippen LogP contribution in [-0.2, 0) is 9.53 Å². The molecule has 0 aliphatic carbocycles. The van der Waals surface area contributed by atoms with Gasteiger partial charge < -0.3 is 20.3 Å². The Morgan fingerprint density at radius 3 is 2.56 bits per heavy atom. The molecular weight excluding hydrogens is 316 g/mol. The first-order valence-corrected chi connectivity index (χ1v) is 9.04. The molecule has 0 bridgehead atoms. The molecule has 1 aliphatic rings. The van der Waals surface area contributed by atoms with Gasteiger partial charge in [-0.05, 0) is 36.3 Å². The summed E-state index contributed by atoms with van der Waals surface area (Å²) >= 11 is 0. The van der Waals surface area contributed by atoms with Gasteiger partial charge in [0.2, 0.25) is 5.91 Å². The number of anilines is 3. The lowest BCUT2D eigenvalue weighted by Gasteiger charge is -2.23. The quantitative estimate of drug-likeness (QED) is 0.825. The van der Waals surface area contributed by atoms with Crippen molar-refractivity contribution in [2.24, 2.45) is 11.3 Å². The third-order valence-electron chi connectivity index (χ3n) is 4.18. The zero-order chi connectivity index (χ0) is 18.4. The molecule has 1 aliphatic heterocycles. The van der Waals surface area contributed by atoms with Crippen molar-refractivity contribution in [3.8, 4) is 0 Å². The second-order valence-corrected chi connectivity index (χ2v) is 8.18. The monoisotopic (exact) mass is 348 g/mol. The number of nitrogens with zero attached hydrogens (tertiary/aromatic N) is 2. The fourth-order valence-corrected chi connectivity index (χ4v) is 2.86. The van der Waals surface area contributed by atoms with Gasteiger partial charge in [-0.2, -0.15) is 0 Å². The van der Waals surface area contributed by atoms with E-state index in [4.69, 9.17) is 4.74 Å². The maximum Gasteiger partial charge on any atom is 0.224 e. The topological polar surface area (TPSA) is 66.5 Å². The number of hydrogen-bond donors (Lipinski definition) is 2. The molecule has 2 N–H and O–H groups in total. The second kappa shape index (κ2) is 8.52. The maximum absolute atomic E-state index is 12.2. The van der Waals surface area contributed by atoms with E-state index < -0.39 is 0 Å². The smallest absolute Gasteiger partial charge is 0.224 e. The zero-order valence-electron chi connectivity index (χ0n) is 16.2. The summed E-state index contributed by atoms with van der Waals surface area (Å²) in [6.07, 6.45) is 2.66. The standard InChI is InChI=1S/C19H32N4O2/c1-19(2,3)12-17(24)21-15-6-7-16(22-18(15)23(4)5)20-13-14-8-10-25-11-9-14/h6-7,14H,8-13H2,1-5H3,(H,20,22)(H,21,24). The van der Waals surface area contributed by atoms with Crippen molar-refractivity contribution in [3.63, 3.8) is 0 Å². The van der Waals surface area contributed by atoms with Gasteiger partial charge in [-0.3, -0.25) is 4.79 Å². The SMILES string of the molecule is CN(C)c1nc(NCC2CCOCC2)ccc1NC(=O)CC(C)(C)C. The molecule has 2 rings (SSSR count). The lowest BCUT2D eigenvalue weighted by atomic mass is 9.92. The molecule has 140 valence electrons. The van der Waals surface area contributed by atoms with Crippen molar-refractivity contribution < 1.29 is 9.53 Å². The molecule has 2 heterocycles. The predicted octanol–water partition coefficient (Wildman–Crippen LogP) is 3.36. The van der Waals surface area contributed by atoms with Crippen molar-refractivity contribution in [2.45, 2.75) is 40.0 Å². The number of hydrogen-bond acceptors (Lipinski definition) is 5. The van der Waals surface area contributed by atoms with E-state index in [9.17, 15) is 4.79 Å². The minimum atomic E-state index is -0.0407. The molecule has 0 spiro atoms. The molecule has 25 heavy (non-hydrogen) atoms. The Bertz CT molecular complexity index is 575. The molecule has 0 radical (unpaired) electrons. The van der Waals surface area contributed by atoms with Crippen LogP contribution in [0.4, 0.5) is 17.3 Å². The summed E-state index contributed by atoms with van der Waals surface area (Å²) in [5.74, 6) is 2.24. The maximum atomic E-state index is 12.2. The van der Waals surface area contributed by atoms with E-state index in [-0.39, 0.29) is 11.3 Å². The molecule has 0 aromatic carbocycles. The highest BCUT2D eigenvalue weighted by molar-refractivity contribution is 5.94. The van der Waals surface area contributed by atoms with E-state index in [2.05, 4.69) is 36.4 Å². The lowest BCUT2D eigenvalue weighted by Crippen LogP contribution is -2.24. The first-order valence-electron chi connectivity index (χ1n) is 9.04. The Morgan fingerprint density at radius 2 is 1.96 bits per heavy atom. The highest BCUT2D eigenvalue weighted by atomic mass is 16.5. The minimum Gasteiger partial charge on any atom is -0.381 e. The van der Waals surface area contributed by atoms with Crippen LogP contribution in [0.3, 0.4) is 0 Å². The van der Waals surface area contributed by atoms with E-state index in [1.165, 1.54) is 0 Å². The number of aromatic nitrogens is 1. The number of amides is 1. The van der Waals surface area contributed by atoms with Crippen LogP contribution in [0.1, 0.15) is 40.0 Å². The third kappa shape index (κ3) is 6.53. The molecule has 1 aromatic heterocycles. The number of pyridine rings is 1. The Kier molecular flexibility index (Phi) is 6.64. The number of ether oxygens (including phenoxy) is 1. The third-order valence-corrected chi connectivity index (χ3v) is 4.18. The number of carbonyl (C=O) groups is 1. The number of nitrogens with one attached hydrogen (secondary N) is 2. The lowest BCUT2D eigenvalue weighted by molar-refractivity contribution is -0.117. The molecule has 0 unspecified atom stereocenters. The number of rotatable bonds is 6. The fraction of sp³-hybridized carbons (Fsp3) is 0.684. The highest BCUT2D eigenvalue weighted by Gasteiger charge is 2.18. The number of carbonyl (C=O) groups excluding carboxylic acids is 1. The van der Waals surface area contributed by atoms with Gasteiger partial charge in [-0.15, -0.1) is 0 Å². The van der Waals surface area contributed by atoms with E-state index in [0.29, 0.717) is 12.3 Å². The Labute approximate surface area is 151 Å². The fourth-order valence-electron chi connectivity index (χ4n) is 2.86. The van der Waals surface area contributed by atoms with Gasteiger partial charge in [0.25, 0.3) is 0 Å². The van der Waals surface area contributed by atoms with E-state index in [1.54, 1.807) is 0 Å². The first kappa shape index (κ1) is 19.5. The largest absolute Gasteiger partial charge is 0.381 e. The molecule has 1 saturated heterocycles. The van der Waals surface area contributed by atoms with Crippen molar-refractivity contribution >= 4 is 23.2 Å². The van der Waals surface area contributed by atoms with Crippen molar-refractivity contribution in [3.05, 3.63) is 12.1 Å². The molecule has 0 atom stereocenters. The first-order chi connectivity index (χ1) is 11.7. The highest BCUT2D eigenvalue weighted by Crippen LogP contribution is 2.26. The van der Waals surface area contributed by atoms with Crippen LogP contribution in [0.5, 0.6) is 0 Å². The minimum absolute atomic E-state index is 0.0142. The van der Waals surface area contributed by atoms with Crippen LogP contribution >= 0.6 is 0 Å². The molecule has 1 amide bonds.